The van der Waals surface area contributed by atoms with Gasteiger partial charge in [-0.1, -0.05) is 5.21 Å². The number of anilines is 1. The van der Waals surface area contributed by atoms with E-state index in [1.165, 1.54) is 29.2 Å². The number of fused-ring (bicyclic) bond motifs is 1. The van der Waals surface area contributed by atoms with Crippen LogP contribution in [0.15, 0.2) is 11.0 Å². The highest BCUT2D eigenvalue weighted by Crippen LogP contribution is 2.33. The first-order chi connectivity index (χ1) is 14.8. The highest BCUT2D eigenvalue weighted by Gasteiger charge is 2.41. The minimum Gasteiger partial charge on any atom is -0.463 e. The molecule has 4 heterocycles. The molecule has 3 atom stereocenters. The van der Waals surface area contributed by atoms with Crippen molar-refractivity contribution in [3.05, 3.63) is 22.5 Å². The molecule has 1 aliphatic heterocycles. The van der Waals surface area contributed by atoms with Crippen molar-refractivity contribution >= 4 is 29.1 Å². The van der Waals surface area contributed by atoms with Gasteiger partial charge in [-0.3, -0.25) is 14.2 Å². The quantitative estimate of drug-likeness (QED) is 0.428. The highest BCUT2D eigenvalue weighted by atomic mass is 16.6. The molecule has 3 aromatic rings. The summed E-state index contributed by atoms with van der Waals surface area (Å²) < 4.78 is 18.9. The van der Waals surface area contributed by atoms with E-state index in [1.54, 1.807) is 0 Å². The molecule has 0 bridgehead atoms. The van der Waals surface area contributed by atoms with Crippen molar-refractivity contribution < 1.29 is 23.8 Å². The van der Waals surface area contributed by atoms with Crippen LogP contribution in [0, 0.1) is 0 Å². The van der Waals surface area contributed by atoms with E-state index < -0.39 is 36.1 Å². The number of nitrogen functional groups attached to an aromatic ring is 1. The van der Waals surface area contributed by atoms with E-state index in [0.717, 1.165) is 0 Å². The lowest BCUT2D eigenvalue weighted by atomic mass is 10.2. The predicted molar refractivity (Wildman–Crippen MR) is 100 cm³/mol. The zero-order valence-electron chi connectivity index (χ0n) is 16.6. The number of esters is 2. The lowest BCUT2D eigenvalue weighted by molar-refractivity contribution is -0.153. The molecule has 0 unspecified atom stereocenters. The van der Waals surface area contributed by atoms with Crippen LogP contribution in [0.3, 0.4) is 0 Å². The normalized spacial score (nSPS) is 20.8. The summed E-state index contributed by atoms with van der Waals surface area (Å²) in [6.07, 6.45) is -0.847. The van der Waals surface area contributed by atoms with E-state index in [9.17, 15) is 14.4 Å². The van der Waals surface area contributed by atoms with Gasteiger partial charge in [0.25, 0.3) is 0 Å². The van der Waals surface area contributed by atoms with Gasteiger partial charge in [-0.15, -0.1) is 10.2 Å². The Labute approximate surface area is 173 Å². The van der Waals surface area contributed by atoms with E-state index >= 15 is 0 Å². The second-order valence-corrected chi connectivity index (χ2v) is 6.84. The summed E-state index contributed by atoms with van der Waals surface area (Å²) in [5.41, 5.74) is 5.73. The molecule has 0 spiro atoms. The van der Waals surface area contributed by atoms with Gasteiger partial charge in [0.05, 0.1) is 18.8 Å². The standard InChI is InChI=1S/C16H19N9O6/c1-7(26)29-6-9-3-11(30-8(2)27)14(31-9)25-13-10(4-18-15(17)19-13)24(16(25)28)5-12-20-22-23-21-12/h4,9,11,14H,3,5-6H2,1-2H3,(H2,17,18,19)(H,20,21,22,23)/t9-,11+,14+/m0/s1. The highest BCUT2D eigenvalue weighted by molar-refractivity contribution is 5.72. The second-order valence-electron chi connectivity index (χ2n) is 6.84. The fourth-order valence-corrected chi connectivity index (χ4v) is 3.42. The summed E-state index contributed by atoms with van der Waals surface area (Å²) in [5, 5.41) is 13.5. The maximum absolute atomic E-state index is 13.3. The maximum Gasteiger partial charge on any atom is 0.333 e. The Morgan fingerprint density at radius 3 is 2.84 bits per heavy atom. The maximum atomic E-state index is 13.3. The van der Waals surface area contributed by atoms with Gasteiger partial charge in [-0.2, -0.15) is 10.2 Å². The lowest BCUT2D eigenvalue weighted by Crippen LogP contribution is -2.34. The van der Waals surface area contributed by atoms with E-state index in [1.807, 2.05) is 0 Å². The molecule has 31 heavy (non-hydrogen) atoms. The first kappa shape index (κ1) is 20.4. The number of rotatable bonds is 6. The zero-order valence-corrected chi connectivity index (χ0v) is 16.6. The molecular weight excluding hydrogens is 414 g/mol. The van der Waals surface area contributed by atoms with Crippen LogP contribution in [0.2, 0.25) is 0 Å². The van der Waals surface area contributed by atoms with Gasteiger partial charge in [0.1, 0.15) is 18.2 Å². The molecule has 0 aromatic carbocycles. The third kappa shape index (κ3) is 4.07. The number of hydrogen-bond donors (Lipinski definition) is 2. The summed E-state index contributed by atoms with van der Waals surface area (Å²) in [6.45, 7) is 2.44. The predicted octanol–water partition coefficient (Wildman–Crippen LogP) is -1.48. The first-order valence-electron chi connectivity index (χ1n) is 9.25. The smallest absolute Gasteiger partial charge is 0.333 e. The van der Waals surface area contributed by atoms with Gasteiger partial charge >= 0.3 is 17.6 Å². The molecule has 0 amide bonds. The van der Waals surface area contributed by atoms with Gasteiger partial charge < -0.3 is 19.9 Å². The SMILES string of the molecule is CC(=O)OC[C@@H]1C[C@@H](OC(C)=O)[C@H](n2c(=O)n(Cc3nn[nH]n3)c3cnc(N)nc32)O1. The fraction of sp³-hybridized carbons (Fsp3) is 0.500. The van der Waals surface area contributed by atoms with Gasteiger partial charge in [0.15, 0.2) is 17.7 Å². The molecule has 15 heteroatoms. The summed E-state index contributed by atoms with van der Waals surface area (Å²) in [6, 6.07) is 0. The lowest BCUT2D eigenvalue weighted by Gasteiger charge is -2.19. The van der Waals surface area contributed by atoms with Crippen LogP contribution < -0.4 is 11.4 Å². The van der Waals surface area contributed by atoms with Gasteiger partial charge in [-0.25, -0.2) is 14.3 Å². The van der Waals surface area contributed by atoms with Crippen LogP contribution in [0.4, 0.5) is 5.95 Å². The van der Waals surface area contributed by atoms with Crippen LogP contribution >= 0.6 is 0 Å². The van der Waals surface area contributed by atoms with Crippen LogP contribution in [-0.4, -0.2) is 70.5 Å². The van der Waals surface area contributed by atoms with Crippen LogP contribution in [-0.2, 0) is 30.3 Å². The van der Waals surface area contributed by atoms with E-state index in [4.69, 9.17) is 19.9 Å². The van der Waals surface area contributed by atoms with Crippen LogP contribution in [0.5, 0.6) is 0 Å². The number of nitrogens with zero attached hydrogens (tertiary/aromatic N) is 7. The van der Waals surface area contributed by atoms with Gasteiger partial charge in [-0.05, 0) is 0 Å². The fourth-order valence-electron chi connectivity index (χ4n) is 3.42. The third-order valence-electron chi connectivity index (χ3n) is 4.60. The summed E-state index contributed by atoms with van der Waals surface area (Å²) in [5.74, 6) is -0.832. The Morgan fingerprint density at radius 2 is 2.16 bits per heavy atom. The molecule has 164 valence electrons. The monoisotopic (exact) mass is 433 g/mol. The topological polar surface area (TPSA) is 195 Å². The van der Waals surface area contributed by atoms with Crippen molar-refractivity contribution in [3.8, 4) is 0 Å². The van der Waals surface area contributed by atoms with Crippen molar-refractivity contribution in [2.45, 2.75) is 45.2 Å². The number of tetrazole rings is 1. The minimum atomic E-state index is -1.03. The number of imidazole rings is 1. The first-order valence-corrected chi connectivity index (χ1v) is 9.25. The second kappa shape index (κ2) is 8.10. The van der Waals surface area contributed by atoms with Crippen molar-refractivity contribution in [1.29, 1.82) is 0 Å². The molecule has 15 nitrogen and oxygen atoms in total. The molecule has 3 aromatic heterocycles. The van der Waals surface area contributed by atoms with E-state index in [-0.39, 0.29) is 37.0 Å². The average molecular weight is 433 g/mol. The number of aromatic nitrogens is 8. The van der Waals surface area contributed by atoms with Crippen molar-refractivity contribution in [2.24, 2.45) is 0 Å². The number of nitrogens with one attached hydrogen (secondary N) is 1. The molecule has 1 fully saturated rings. The van der Waals surface area contributed by atoms with Crippen molar-refractivity contribution in [1.82, 2.24) is 39.7 Å². The number of ether oxygens (including phenoxy) is 3. The summed E-state index contributed by atoms with van der Waals surface area (Å²) in [7, 11) is 0. The van der Waals surface area contributed by atoms with E-state index in [0.29, 0.717) is 5.52 Å². The minimum absolute atomic E-state index is 0.0199. The molecule has 3 N–H and O–H groups in total. The number of H-pyrrole nitrogens is 1. The number of hydrogen-bond acceptors (Lipinski definition) is 12. The van der Waals surface area contributed by atoms with Gasteiger partial charge in [0, 0.05) is 20.3 Å². The molecule has 0 saturated carbocycles. The Kier molecular flexibility index (Phi) is 5.33. The molecule has 4 rings (SSSR count). The number of carbonyl (C=O) groups excluding carboxylic acids is 2. The number of aromatic amines is 1. The number of carbonyl (C=O) groups is 2. The Morgan fingerprint density at radius 1 is 1.35 bits per heavy atom. The third-order valence-corrected chi connectivity index (χ3v) is 4.60. The Hall–Kier alpha value is -3.88. The zero-order chi connectivity index (χ0) is 22.1. The molecule has 1 aliphatic rings. The largest absolute Gasteiger partial charge is 0.463 e. The van der Waals surface area contributed by atoms with E-state index in [2.05, 4.69) is 30.6 Å². The molecule has 0 radical (unpaired) electrons. The van der Waals surface area contributed by atoms with Crippen molar-refractivity contribution in [2.75, 3.05) is 12.3 Å². The van der Waals surface area contributed by atoms with Gasteiger partial charge in [0.2, 0.25) is 5.95 Å². The molecular formula is C16H19N9O6. The summed E-state index contributed by atoms with van der Waals surface area (Å²) >= 11 is 0. The molecule has 0 aliphatic carbocycles. The van der Waals surface area contributed by atoms with Crippen molar-refractivity contribution in [3.63, 3.8) is 0 Å². The van der Waals surface area contributed by atoms with Crippen LogP contribution in [0.1, 0.15) is 32.3 Å². The molecule has 1 saturated heterocycles. The Balaban J connectivity index is 1.78. The summed E-state index contributed by atoms with van der Waals surface area (Å²) in [4.78, 5) is 44.3. The Bertz CT molecular complexity index is 1170. The number of nitrogens with two attached hydrogens (primary N) is 1. The van der Waals surface area contributed by atoms with Crippen LogP contribution in [0.25, 0.3) is 11.2 Å². The average Bonchev–Trinajstić information content (AvgIpc) is 3.40.